The molecule has 10 rings (SSSR count). The lowest BCUT2D eigenvalue weighted by molar-refractivity contribution is -0.341. The molecule has 15 N–H and O–H groups in total. The summed E-state index contributed by atoms with van der Waals surface area (Å²) >= 11 is 0. The first-order valence-corrected chi connectivity index (χ1v) is 29.1. The van der Waals surface area contributed by atoms with Gasteiger partial charge in [0.2, 0.25) is 5.91 Å². The Hall–Kier alpha value is -3.38. The number of hydrogen-bond acceptors (Lipinski definition) is 16. The number of H-pyrrole nitrogens is 2. The number of aliphatic hydroxyl groups excluding tert-OH is 8. The van der Waals surface area contributed by atoms with Gasteiger partial charge in [-0.05, 0) is 135 Å². The average Bonchev–Trinajstić information content (AvgIpc) is 2.34. The normalized spacial score (nSPS) is 46.0. The van der Waals surface area contributed by atoms with Crippen LogP contribution < -0.4 is 16.4 Å². The zero-order valence-electron chi connectivity index (χ0n) is 46.6. The molecule has 436 valence electrons. The SMILES string of the molecule is CNC[C@H](C[C@@H](c1cnc[nH]1)[C@@H]1NC(=O)C2(CCCC2)[C@H]1C[C@@H]1[C@@H](O)[C@@H](O[C@@H]2OC[C@@H](O)[C@H](O)[C@H]2O)[C@@](C)(CO)[C@H]2CC[C@]3(C)[C@H](CC=C4[C@@H]5C[C@@](C)(CO)CC[C@]5(C(=O)O)[C@@H](CO)[C@H](Cc5cnc[nH]5)[C@]43C)[C@@]12C)[C@@H](N)O. The maximum absolute atomic E-state index is 15.1. The van der Waals surface area contributed by atoms with E-state index >= 15 is 4.79 Å². The van der Waals surface area contributed by atoms with Crippen LogP contribution >= 0.6 is 0 Å². The predicted octanol–water partition coefficient (Wildman–Crippen LogP) is 2.32. The van der Waals surface area contributed by atoms with E-state index in [0.29, 0.717) is 77.2 Å². The van der Waals surface area contributed by atoms with Gasteiger partial charge in [-0.15, -0.1) is 0 Å². The summed E-state index contributed by atoms with van der Waals surface area (Å²) in [6, 6.07) is -0.516. The minimum Gasteiger partial charge on any atom is -0.481 e. The molecule has 78 heavy (non-hydrogen) atoms. The standard InChI is InChI=1S/C58H91N7O13/c1-52(26-67)15-16-58(51(75)76)37(20-52)33-9-10-42-54(3,56(33,5)34(38(58)24-66)18-31-22-61-28-63-31)14-11-41-53(2,27-68)47(78-49-46(72)45(71)40(69)25-77-49)44(70)36(55(41,42)4)19-35-43(65-50(74)57(35)12-7-8-13-57)32(39-23-62-29-64-39)17-30(21-60-6)48(59)73/h9,22-23,28-30,32,34-38,40-49,60,66-73H,7-8,10-21,24-27,59H2,1-6H3,(H,61,63)(H,62,64)(H,65,74)(H,75,76)/t30-,32-,34-,35-,36+,37-,38-,40+,41+,42-,43-,44+,45-,46+,47+,48-,49-,52-,53-,54+,55-,56-,58+/m0/s1. The van der Waals surface area contributed by atoms with Gasteiger partial charge in [0.05, 0.1) is 48.9 Å². The van der Waals surface area contributed by atoms with Crippen molar-refractivity contribution in [1.82, 2.24) is 30.6 Å². The lowest BCUT2D eigenvalue weighted by atomic mass is 9.29. The molecule has 0 aromatic carbocycles. The van der Waals surface area contributed by atoms with Crippen molar-refractivity contribution in [3.63, 3.8) is 0 Å². The van der Waals surface area contributed by atoms with Gasteiger partial charge in [-0.2, -0.15) is 0 Å². The highest BCUT2D eigenvalue weighted by Gasteiger charge is 2.77. The van der Waals surface area contributed by atoms with Crippen molar-refractivity contribution in [3.05, 3.63) is 48.1 Å². The molecule has 23 atom stereocenters. The third-order valence-electron chi connectivity index (χ3n) is 24.1. The number of nitrogens with one attached hydrogen (secondary N) is 4. The van der Waals surface area contributed by atoms with Crippen LogP contribution in [0.4, 0.5) is 0 Å². The molecule has 20 heteroatoms. The molecule has 20 nitrogen and oxygen atoms in total. The second-order valence-electron chi connectivity index (χ2n) is 27.2. The number of aliphatic carboxylic acids is 1. The fraction of sp³-hybridized carbons (Fsp3) is 0.828. The Bertz CT molecular complexity index is 2480. The first-order valence-electron chi connectivity index (χ1n) is 29.1. The van der Waals surface area contributed by atoms with Gasteiger partial charge in [0.25, 0.3) is 0 Å². The minimum absolute atomic E-state index is 0.0568. The maximum atomic E-state index is 15.1. The third kappa shape index (κ3) is 8.48. The molecule has 2 aromatic rings. The third-order valence-corrected chi connectivity index (χ3v) is 24.1. The van der Waals surface area contributed by atoms with E-state index in [-0.39, 0.29) is 37.6 Å². The first-order chi connectivity index (χ1) is 37.0. The van der Waals surface area contributed by atoms with E-state index in [4.69, 9.17) is 15.2 Å². The zero-order valence-corrected chi connectivity index (χ0v) is 46.6. The number of aromatic amines is 2. The number of carbonyl (C=O) groups is 2. The zero-order chi connectivity index (χ0) is 56.1. The molecule has 4 heterocycles. The number of ether oxygens (including phenoxy) is 2. The Balaban J connectivity index is 1.17. The highest BCUT2D eigenvalue weighted by atomic mass is 16.7. The van der Waals surface area contributed by atoms with Crippen molar-refractivity contribution in [1.29, 1.82) is 0 Å². The molecular formula is C58H91N7O13. The van der Waals surface area contributed by atoms with Gasteiger partial charge in [0, 0.05) is 72.8 Å². The number of rotatable bonds is 17. The van der Waals surface area contributed by atoms with Gasteiger partial charge >= 0.3 is 5.97 Å². The summed E-state index contributed by atoms with van der Waals surface area (Å²) in [5.74, 6) is -5.16. The van der Waals surface area contributed by atoms with Crippen LogP contribution in [0.5, 0.6) is 0 Å². The molecule has 2 aliphatic heterocycles. The molecule has 2 saturated heterocycles. The van der Waals surface area contributed by atoms with Crippen molar-refractivity contribution >= 4 is 11.9 Å². The van der Waals surface area contributed by atoms with Gasteiger partial charge in [-0.3, -0.25) is 9.59 Å². The maximum Gasteiger partial charge on any atom is 0.310 e. The topological polar surface area (TPSA) is 342 Å². The van der Waals surface area contributed by atoms with Crippen LogP contribution in [0.2, 0.25) is 0 Å². The number of nitrogens with two attached hydrogens (primary N) is 1. The van der Waals surface area contributed by atoms with Gasteiger partial charge in [0.15, 0.2) is 6.29 Å². The quantitative estimate of drug-likeness (QED) is 0.0614. The Morgan fingerprint density at radius 1 is 0.897 bits per heavy atom. The van der Waals surface area contributed by atoms with Crippen molar-refractivity contribution in [2.24, 2.45) is 91.0 Å². The Labute approximate surface area is 458 Å². The van der Waals surface area contributed by atoms with Crippen molar-refractivity contribution < 1.29 is 65.0 Å². The molecule has 2 aromatic heterocycles. The first kappa shape index (κ1) is 57.8. The number of fused-ring (bicyclic) bond motifs is 7. The molecule has 6 aliphatic carbocycles. The monoisotopic (exact) mass is 1090 g/mol. The molecule has 8 aliphatic rings. The molecule has 0 radical (unpaired) electrons. The lowest BCUT2D eigenvalue weighted by Crippen LogP contribution is -2.74. The number of carboxylic acids is 1. The van der Waals surface area contributed by atoms with Gasteiger partial charge in [-0.25, -0.2) is 9.97 Å². The van der Waals surface area contributed by atoms with Crippen LogP contribution in [-0.4, -0.2) is 167 Å². The average molecular weight is 1090 g/mol. The summed E-state index contributed by atoms with van der Waals surface area (Å²) in [4.78, 5) is 44.9. The largest absolute Gasteiger partial charge is 0.481 e. The molecule has 1 spiro atoms. The second-order valence-corrected chi connectivity index (χ2v) is 27.2. The number of aromatic nitrogens is 4. The van der Waals surface area contributed by atoms with E-state index in [1.807, 2.05) is 13.8 Å². The van der Waals surface area contributed by atoms with Crippen LogP contribution in [0.15, 0.2) is 36.7 Å². The summed E-state index contributed by atoms with van der Waals surface area (Å²) in [5.41, 5.74) is 2.69. The van der Waals surface area contributed by atoms with Crippen LogP contribution in [0.3, 0.4) is 0 Å². The highest BCUT2D eigenvalue weighted by Crippen LogP contribution is 2.79. The fourth-order valence-corrected chi connectivity index (χ4v) is 19.8. The highest BCUT2D eigenvalue weighted by molar-refractivity contribution is 5.86. The number of hydrogen-bond donors (Lipinski definition) is 14. The summed E-state index contributed by atoms with van der Waals surface area (Å²) in [7, 11) is 1.80. The van der Waals surface area contributed by atoms with Gasteiger partial charge < -0.3 is 81.8 Å². The van der Waals surface area contributed by atoms with Crippen molar-refractivity contribution in [3.8, 4) is 0 Å². The van der Waals surface area contributed by atoms with Crippen molar-refractivity contribution in [2.45, 2.75) is 173 Å². The number of allylic oxidation sites excluding steroid dienone is 2. The van der Waals surface area contributed by atoms with E-state index in [1.54, 1.807) is 32.1 Å². The van der Waals surface area contributed by atoms with E-state index in [0.717, 1.165) is 29.8 Å². The number of carboxylic acid groups (broad SMARTS) is 1. The Morgan fingerprint density at radius 2 is 1.62 bits per heavy atom. The van der Waals surface area contributed by atoms with Crippen LogP contribution in [0.25, 0.3) is 0 Å². The molecule has 5 saturated carbocycles. The lowest BCUT2D eigenvalue weighted by Gasteiger charge is -2.75. The number of aliphatic hydroxyl groups is 8. The predicted molar refractivity (Wildman–Crippen MR) is 284 cm³/mol. The number of imidazole rings is 2. The minimum atomic E-state index is -1.68. The van der Waals surface area contributed by atoms with Crippen molar-refractivity contribution in [2.75, 3.05) is 40.0 Å². The van der Waals surface area contributed by atoms with Gasteiger partial charge in [-0.1, -0.05) is 59.1 Å². The van der Waals surface area contributed by atoms with Gasteiger partial charge in [0.1, 0.15) is 24.5 Å². The Morgan fingerprint density at radius 3 is 2.23 bits per heavy atom. The van der Waals surface area contributed by atoms with E-state index in [1.165, 1.54) is 0 Å². The summed E-state index contributed by atoms with van der Waals surface area (Å²) in [6.45, 7) is 9.99. The van der Waals surface area contributed by atoms with Crippen LogP contribution in [-0.2, 0) is 25.5 Å². The number of nitrogens with zero attached hydrogens (tertiary/aromatic N) is 2. The van der Waals surface area contributed by atoms with Crippen LogP contribution in [0.1, 0.15) is 129 Å². The fourth-order valence-electron chi connectivity index (χ4n) is 19.8. The number of carbonyl (C=O) groups excluding carboxylic acids is 1. The summed E-state index contributed by atoms with van der Waals surface area (Å²) in [5, 5.41) is 111. The van der Waals surface area contributed by atoms with E-state index < -0.39 is 141 Å². The molecule has 0 bridgehead atoms. The number of amides is 1. The summed E-state index contributed by atoms with van der Waals surface area (Å²) < 4.78 is 12.7. The second kappa shape index (κ2) is 21.1. The smallest absolute Gasteiger partial charge is 0.310 e. The van der Waals surface area contributed by atoms with Crippen LogP contribution in [0, 0.1) is 85.2 Å². The molecule has 1 amide bonds. The molecule has 7 fully saturated rings. The van der Waals surface area contributed by atoms with E-state index in [9.17, 15) is 50.8 Å². The Kier molecular flexibility index (Phi) is 15.7. The molecular weight excluding hydrogens is 1000 g/mol. The van der Waals surface area contributed by atoms with E-state index in [2.05, 4.69) is 57.4 Å². The summed E-state index contributed by atoms with van der Waals surface area (Å²) in [6.07, 6.45) is 6.02. The molecule has 0 unspecified atom stereocenters.